The molecule has 4 nitrogen and oxygen atoms in total. The van der Waals surface area contributed by atoms with E-state index in [1.54, 1.807) is 23.5 Å². The van der Waals surface area contributed by atoms with Gasteiger partial charge in [-0.25, -0.2) is 9.78 Å². The van der Waals surface area contributed by atoms with Crippen molar-refractivity contribution in [3.05, 3.63) is 46.4 Å². The lowest BCUT2D eigenvalue weighted by atomic mass is 10.2. The summed E-state index contributed by atoms with van der Waals surface area (Å²) in [7, 11) is 0. The van der Waals surface area contributed by atoms with Crippen LogP contribution in [0.5, 0.6) is 0 Å². The van der Waals surface area contributed by atoms with Crippen molar-refractivity contribution in [2.45, 2.75) is 26.3 Å². The predicted molar refractivity (Wildman–Crippen MR) is 81.2 cm³/mol. The number of carbonyl (C=O) groups excluding carboxylic acids is 1. The maximum absolute atomic E-state index is 11.7. The van der Waals surface area contributed by atoms with Crippen LogP contribution in [0.1, 0.15) is 42.4 Å². The third kappa shape index (κ3) is 3.81. The molecular weight excluding hydrogens is 272 g/mol. The van der Waals surface area contributed by atoms with E-state index in [9.17, 15) is 4.79 Å². The number of hydrogen-bond acceptors (Lipinski definition) is 5. The Morgan fingerprint density at radius 1 is 1.40 bits per heavy atom. The molecule has 20 heavy (non-hydrogen) atoms. The van der Waals surface area contributed by atoms with Gasteiger partial charge in [0.25, 0.3) is 0 Å². The highest BCUT2D eigenvalue weighted by atomic mass is 32.1. The first-order valence-corrected chi connectivity index (χ1v) is 7.56. The third-order valence-corrected chi connectivity index (χ3v) is 3.44. The molecule has 1 heterocycles. The fourth-order valence-electron chi connectivity index (χ4n) is 1.74. The normalized spacial score (nSPS) is 11.9. The third-order valence-electron chi connectivity index (χ3n) is 2.84. The van der Waals surface area contributed by atoms with E-state index >= 15 is 0 Å². The van der Waals surface area contributed by atoms with Crippen molar-refractivity contribution in [2.75, 3.05) is 11.9 Å². The Bertz CT molecular complexity index is 538. The molecule has 106 valence electrons. The second-order valence-corrected chi connectivity index (χ2v) is 5.21. The fourth-order valence-corrected chi connectivity index (χ4v) is 2.39. The molecular formula is C15H18N2O2S. The van der Waals surface area contributed by atoms with Crippen LogP contribution >= 0.6 is 11.3 Å². The van der Waals surface area contributed by atoms with Crippen LogP contribution < -0.4 is 5.32 Å². The van der Waals surface area contributed by atoms with Gasteiger partial charge in [-0.1, -0.05) is 6.92 Å². The van der Waals surface area contributed by atoms with Gasteiger partial charge < -0.3 is 10.1 Å². The highest BCUT2D eigenvalue weighted by Crippen LogP contribution is 2.19. The molecule has 0 aliphatic heterocycles. The van der Waals surface area contributed by atoms with Crippen LogP contribution in [0.3, 0.4) is 0 Å². The number of thiazole rings is 1. The predicted octanol–water partition coefficient (Wildman–Crippen LogP) is 3.88. The number of nitrogens with one attached hydrogen (secondary N) is 1. The summed E-state index contributed by atoms with van der Waals surface area (Å²) in [4.78, 5) is 15.9. The maximum atomic E-state index is 11.7. The second-order valence-electron chi connectivity index (χ2n) is 4.49. The van der Waals surface area contributed by atoms with E-state index in [1.165, 1.54) is 0 Å². The number of benzene rings is 1. The molecule has 2 rings (SSSR count). The maximum Gasteiger partial charge on any atom is 0.338 e. The van der Waals surface area contributed by atoms with Crippen molar-refractivity contribution in [1.82, 2.24) is 4.98 Å². The molecule has 1 unspecified atom stereocenters. The molecule has 0 amide bonds. The van der Waals surface area contributed by atoms with Crippen LogP contribution in [0.2, 0.25) is 0 Å². The molecule has 1 atom stereocenters. The lowest BCUT2D eigenvalue weighted by molar-refractivity contribution is 0.0505. The van der Waals surface area contributed by atoms with Crippen LogP contribution in [0.4, 0.5) is 5.69 Å². The average Bonchev–Trinajstić information content (AvgIpc) is 3.00. The van der Waals surface area contributed by atoms with E-state index in [-0.39, 0.29) is 12.0 Å². The molecule has 0 saturated carbocycles. The van der Waals surface area contributed by atoms with E-state index in [2.05, 4.69) is 17.2 Å². The zero-order valence-electron chi connectivity index (χ0n) is 11.6. The van der Waals surface area contributed by atoms with Crippen LogP contribution in [-0.4, -0.2) is 17.6 Å². The van der Waals surface area contributed by atoms with Crippen molar-refractivity contribution in [2.24, 2.45) is 0 Å². The van der Waals surface area contributed by atoms with Gasteiger partial charge in [0.1, 0.15) is 0 Å². The topological polar surface area (TPSA) is 51.2 Å². The molecule has 0 aliphatic carbocycles. The number of aromatic nitrogens is 1. The number of rotatable bonds is 6. The minimum atomic E-state index is -0.272. The number of carbonyl (C=O) groups is 1. The molecule has 0 bridgehead atoms. The van der Waals surface area contributed by atoms with Gasteiger partial charge in [0.15, 0.2) is 0 Å². The summed E-state index contributed by atoms with van der Waals surface area (Å²) >= 11 is 1.58. The number of anilines is 1. The van der Waals surface area contributed by atoms with Crippen LogP contribution in [-0.2, 0) is 4.74 Å². The quantitative estimate of drug-likeness (QED) is 0.820. The monoisotopic (exact) mass is 290 g/mol. The Labute approximate surface area is 122 Å². The smallest absolute Gasteiger partial charge is 0.338 e. The zero-order chi connectivity index (χ0) is 14.4. The Morgan fingerprint density at radius 3 is 2.75 bits per heavy atom. The minimum Gasteiger partial charge on any atom is -0.462 e. The zero-order valence-corrected chi connectivity index (χ0v) is 12.4. The Kier molecular flexibility index (Phi) is 5.12. The molecule has 0 saturated heterocycles. The van der Waals surface area contributed by atoms with Crippen LogP contribution in [0, 0.1) is 0 Å². The summed E-state index contributed by atoms with van der Waals surface area (Å²) in [5.41, 5.74) is 4.37. The highest BCUT2D eigenvalue weighted by molar-refractivity contribution is 7.07. The van der Waals surface area contributed by atoms with E-state index in [4.69, 9.17) is 4.74 Å². The first-order chi connectivity index (χ1) is 9.70. The van der Waals surface area contributed by atoms with Crippen molar-refractivity contribution >= 4 is 23.0 Å². The van der Waals surface area contributed by atoms with Crippen molar-refractivity contribution in [3.63, 3.8) is 0 Å². The Hall–Kier alpha value is -1.88. The molecule has 1 aromatic carbocycles. The number of esters is 1. The molecule has 1 aromatic heterocycles. The van der Waals surface area contributed by atoms with Gasteiger partial charge in [-0.2, -0.15) is 0 Å². The molecule has 0 fully saturated rings. The largest absolute Gasteiger partial charge is 0.462 e. The second kappa shape index (κ2) is 7.05. The highest BCUT2D eigenvalue weighted by Gasteiger charge is 2.09. The molecule has 0 spiro atoms. The van der Waals surface area contributed by atoms with E-state index in [1.807, 2.05) is 29.9 Å². The molecule has 0 radical (unpaired) electrons. The van der Waals surface area contributed by atoms with Gasteiger partial charge in [0.2, 0.25) is 0 Å². The van der Waals surface area contributed by atoms with Crippen molar-refractivity contribution in [3.8, 4) is 0 Å². The Morgan fingerprint density at radius 2 is 2.15 bits per heavy atom. The van der Waals surface area contributed by atoms with E-state index in [0.29, 0.717) is 12.2 Å². The van der Waals surface area contributed by atoms with Gasteiger partial charge in [-0.3, -0.25) is 0 Å². The van der Waals surface area contributed by atoms with Gasteiger partial charge in [-0.05, 0) is 37.6 Å². The van der Waals surface area contributed by atoms with Gasteiger partial charge in [0.05, 0.1) is 29.4 Å². The number of ether oxygens (including phenoxy) is 1. The molecule has 2 aromatic rings. The summed E-state index contributed by atoms with van der Waals surface area (Å²) in [5.74, 6) is -0.272. The van der Waals surface area contributed by atoms with E-state index < -0.39 is 0 Å². The SMILES string of the molecule is CCCOC(=O)c1ccc(NC(C)c2cscn2)cc1. The summed E-state index contributed by atoms with van der Waals surface area (Å²) in [6, 6.07) is 7.44. The first-order valence-electron chi connectivity index (χ1n) is 6.62. The summed E-state index contributed by atoms with van der Waals surface area (Å²) in [6.45, 7) is 4.48. The van der Waals surface area contributed by atoms with Crippen molar-refractivity contribution < 1.29 is 9.53 Å². The van der Waals surface area contributed by atoms with Gasteiger partial charge in [0, 0.05) is 11.1 Å². The van der Waals surface area contributed by atoms with Gasteiger partial charge >= 0.3 is 5.97 Å². The van der Waals surface area contributed by atoms with Gasteiger partial charge in [-0.15, -0.1) is 11.3 Å². The minimum absolute atomic E-state index is 0.138. The lowest BCUT2D eigenvalue weighted by Crippen LogP contribution is -2.08. The average molecular weight is 290 g/mol. The molecule has 0 aliphatic rings. The summed E-state index contributed by atoms with van der Waals surface area (Å²) in [6.07, 6.45) is 0.830. The summed E-state index contributed by atoms with van der Waals surface area (Å²) in [5, 5.41) is 5.37. The van der Waals surface area contributed by atoms with Crippen molar-refractivity contribution in [1.29, 1.82) is 0 Å². The van der Waals surface area contributed by atoms with Crippen LogP contribution in [0.15, 0.2) is 35.2 Å². The lowest BCUT2D eigenvalue weighted by Gasteiger charge is -2.13. The molecule has 5 heteroatoms. The fraction of sp³-hybridized carbons (Fsp3) is 0.333. The Balaban J connectivity index is 1.96. The molecule has 1 N–H and O–H groups in total. The van der Waals surface area contributed by atoms with Crippen LogP contribution in [0.25, 0.3) is 0 Å². The summed E-state index contributed by atoms with van der Waals surface area (Å²) < 4.78 is 5.09. The van der Waals surface area contributed by atoms with E-state index in [0.717, 1.165) is 17.8 Å². The first kappa shape index (κ1) is 14.5. The number of nitrogens with zero attached hydrogens (tertiary/aromatic N) is 1. The standard InChI is InChI=1S/C15H18N2O2S/c1-3-8-19-15(18)12-4-6-13(7-5-12)17-11(2)14-9-20-10-16-14/h4-7,9-11,17H,3,8H2,1-2H3. The number of hydrogen-bond donors (Lipinski definition) is 1.